The zero-order chi connectivity index (χ0) is 17.4. The van der Waals surface area contributed by atoms with E-state index in [1.54, 1.807) is 19.2 Å². The topological polar surface area (TPSA) is 41.9 Å². The molecular weight excluding hydrogens is 302 g/mol. The number of methoxy groups -OCH3 is 1. The lowest BCUT2D eigenvalue weighted by molar-refractivity contribution is 0.0900. The highest BCUT2D eigenvalue weighted by Gasteiger charge is 2.10. The smallest absolute Gasteiger partial charge is 0.118 e. The van der Waals surface area contributed by atoms with E-state index in [-0.39, 0.29) is 0 Å². The Morgan fingerprint density at radius 3 is 2.25 bits per heavy atom. The van der Waals surface area contributed by atoms with Crippen molar-refractivity contribution in [2.75, 3.05) is 27.3 Å². The SMILES string of the molecule is COc1ccc(COCCN(C)C(C)Cc2ccc(O)cc2)cc1. The summed E-state index contributed by atoms with van der Waals surface area (Å²) in [5.41, 5.74) is 2.38. The third kappa shape index (κ3) is 5.87. The van der Waals surface area contributed by atoms with Crippen molar-refractivity contribution in [1.82, 2.24) is 4.90 Å². The summed E-state index contributed by atoms with van der Waals surface area (Å²) in [7, 11) is 3.78. The van der Waals surface area contributed by atoms with E-state index in [4.69, 9.17) is 9.47 Å². The van der Waals surface area contributed by atoms with E-state index in [1.165, 1.54) is 5.56 Å². The van der Waals surface area contributed by atoms with Crippen molar-refractivity contribution in [3.05, 3.63) is 59.7 Å². The van der Waals surface area contributed by atoms with Gasteiger partial charge in [0.15, 0.2) is 0 Å². The first-order chi connectivity index (χ1) is 11.6. The quantitative estimate of drug-likeness (QED) is 0.715. The van der Waals surface area contributed by atoms with E-state index in [9.17, 15) is 5.11 Å². The Labute approximate surface area is 144 Å². The van der Waals surface area contributed by atoms with E-state index in [0.717, 1.165) is 24.3 Å². The molecule has 0 aliphatic heterocycles. The van der Waals surface area contributed by atoms with Crippen LogP contribution in [0.1, 0.15) is 18.1 Å². The van der Waals surface area contributed by atoms with Gasteiger partial charge in [0.2, 0.25) is 0 Å². The summed E-state index contributed by atoms with van der Waals surface area (Å²) >= 11 is 0. The number of benzene rings is 2. The Kier molecular flexibility index (Phi) is 7.09. The van der Waals surface area contributed by atoms with Crippen molar-refractivity contribution in [3.63, 3.8) is 0 Å². The van der Waals surface area contributed by atoms with Crippen LogP contribution in [-0.4, -0.2) is 43.4 Å². The molecule has 0 saturated carbocycles. The summed E-state index contributed by atoms with van der Waals surface area (Å²) in [4.78, 5) is 2.29. The maximum Gasteiger partial charge on any atom is 0.118 e. The van der Waals surface area contributed by atoms with Crippen LogP contribution in [0, 0.1) is 0 Å². The summed E-state index contributed by atoms with van der Waals surface area (Å²) in [6.07, 6.45) is 0.954. The standard InChI is InChI=1S/C20H27NO3/c1-16(14-17-4-8-19(22)9-5-17)21(2)12-13-24-15-18-6-10-20(23-3)11-7-18/h4-11,16,22H,12-15H2,1-3H3. The van der Waals surface area contributed by atoms with Gasteiger partial charge in [-0.05, 0) is 55.8 Å². The van der Waals surface area contributed by atoms with Crippen molar-refractivity contribution in [3.8, 4) is 11.5 Å². The minimum absolute atomic E-state index is 0.312. The fraction of sp³-hybridized carbons (Fsp3) is 0.400. The van der Waals surface area contributed by atoms with Gasteiger partial charge >= 0.3 is 0 Å². The second-order valence-electron chi connectivity index (χ2n) is 6.10. The monoisotopic (exact) mass is 329 g/mol. The lowest BCUT2D eigenvalue weighted by Gasteiger charge is -2.24. The van der Waals surface area contributed by atoms with Crippen LogP contribution in [0.5, 0.6) is 11.5 Å². The predicted molar refractivity (Wildman–Crippen MR) is 96.6 cm³/mol. The Balaban J connectivity index is 1.68. The molecule has 0 bridgehead atoms. The van der Waals surface area contributed by atoms with Crippen LogP contribution in [0.3, 0.4) is 0 Å². The Hall–Kier alpha value is -2.04. The van der Waals surface area contributed by atoms with Gasteiger partial charge in [-0.1, -0.05) is 24.3 Å². The van der Waals surface area contributed by atoms with Crippen LogP contribution >= 0.6 is 0 Å². The first-order valence-corrected chi connectivity index (χ1v) is 8.27. The number of hydrogen-bond acceptors (Lipinski definition) is 4. The van der Waals surface area contributed by atoms with Crippen LogP contribution in [-0.2, 0) is 17.8 Å². The molecule has 0 fully saturated rings. The molecule has 0 aromatic heterocycles. The van der Waals surface area contributed by atoms with Gasteiger partial charge in [-0.2, -0.15) is 0 Å². The number of phenolic OH excluding ortho intramolecular Hbond substituents is 1. The average molecular weight is 329 g/mol. The Bertz CT molecular complexity index is 595. The van der Waals surface area contributed by atoms with Crippen molar-refractivity contribution >= 4 is 0 Å². The minimum atomic E-state index is 0.312. The first kappa shape index (κ1) is 18.3. The third-order valence-corrected chi connectivity index (χ3v) is 4.24. The van der Waals surface area contributed by atoms with E-state index in [2.05, 4.69) is 18.9 Å². The molecule has 1 N–H and O–H groups in total. The lowest BCUT2D eigenvalue weighted by Crippen LogP contribution is -2.33. The molecule has 1 atom stereocenters. The predicted octanol–water partition coefficient (Wildman–Crippen LogP) is 3.48. The molecule has 0 aliphatic rings. The summed E-state index contributed by atoms with van der Waals surface area (Å²) in [6, 6.07) is 15.8. The molecule has 1 unspecified atom stereocenters. The summed E-state index contributed by atoms with van der Waals surface area (Å²) < 4.78 is 10.9. The zero-order valence-electron chi connectivity index (χ0n) is 14.7. The van der Waals surface area contributed by atoms with Crippen molar-refractivity contribution in [2.24, 2.45) is 0 Å². The number of phenols is 1. The number of hydrogen-bond donors (Lipinski definition) is 1. The fourth-order valence-corrected chi connectivity index (χ4v) is 2.47. The molecule has 130 valence electrons. The zero-order valence-corrected chi connectivity index (χ0v) is 14.7. The first-order valence-electron chi connectivity index (χ1n) is 8.27. The molecule has 0 radical (unpaired) electrons. The van der Waals surface area contributed by atoms with Gasteiger partial charge in [0.25, 0.3) is 0 Å². The highest BCUT2D eigenvalue weighted by molar-refractivity contribution is 5.27. The van der Waals surface area contributed by atoms with Gasteiger partial charge in [0.1, 0.15) is 11.5 Å². The molecule has 2 aromatic carbocycles. The van der Waals surface area contributed by atoms with E-state index >= 15 is 0 Å². The van der Waals surface area contributed by atoms with Gasteiger partial charge in [0.05, 0.1) is 20.3 Å². The lowest BCUT2D eigenvalue weighted by atomic mass is 10.1. The summed E-state index contributed by atoms with van der Waals surface area (Å²) in [6.45, 7) is 4.40. The number of likely N-dealkylation sites (N-methyl/N-ethyl adjacent to an activating group) is 1. The van der Waals surface area contributed by atoms with E-state index in [1.807, 2.05) is 36.4 Å². The van der Waals surface area contributed by atoms with Crippen LogP contribution in [0.4, 0.5) is 0 Å². The maximum absolute atomic E-state index is 9.33. The van der Waals surface area contributed by atoms with Crippen LogP contribution < -0.4 is 4.74 Å². The molecule has 0 saturated heterocycles. The molecule has 2 rings (SSSR count). The molecule has 24 heavy (non-hydrogen) atoms. The van der Waals surface area contributed by atoms with E-state index in [0.29, 0.717) is 25.0 Å². The highest BCUT2D eigenvalue weighted by atomic mass is 16.5. The third-order valence-electron chi connectivity index (χ3n) is 4.24. The molecule has 2 aromatic rings. The molecule has 4 heteroatoms. The molecule has 0 heterocycles. The fourth-order valence-electron chi connectivity index (χ4n) is 2.47. The Morgan fingerprint density at radius 2 is 1.62 bits per heavy atom. The molecule has 4 nitrogen and oxygen atoms in total. The summed E-state index contributed by atoms with van der Waals surface area (Å²) in [5, 5.41) is 9.33. The molecule has 0 amide bonds. The van der Waals surface area contributed by atoms with E-state index < -0.39 is 0 Å². The molecular formula is C20H27NO3. The van der Waals surface area contributed by atoms with Crippen molar-refractivity contribution < 1.29 is 14.6 Å². The molecule has 0 spiro atoms. The normalized spacial score (nSPS) is 12.3. The maximum atomic E-state index is 9.33. The Morgan fingerprint density at radius 1 is 1.00 bits per heavy atom. The number of nitrogens with zero attached hydrogens (tertiary/aromatic N) is 1. The van der Waals surface area contributed by atoms with Gasteiger partial charge in [0, 0.05) is 12.6 Å². The number of ether oxygens (including phenoxy) is 2. The second kappa shape index (κ2) is 9.30. The highest BCUT2D eigenvalue weighted by Crippen LogP contribution is 2.14. The van der Waals surface area contributed by atoms with Gasteiger partial charge in [-0.3, -0.25) is 0 Å². The number of aromatic hydroxyl groups is 1. The van der Waals surface area contributed by atoms with Crippen molar-refractivity contribution in [2.45, 2.75) is 26.0 Å². The van der Waals surface area contributed by atoms with Crippen LogP contribution in [0.15, 0.2) is 48.5 Å². The summed E-state index contributed by atoms with van der Waals surface area (Å²) in [5.74, 6) is 1.17. The largest absolute Gasteiger partial charge is 0.508 e. The van der Waals surface area contributed by atoms with Crippen LogP contribution in [0.2, 0.25) is 0 Å². The van der Waals surface area contributed by atoms with Gasteiger partial charge < -0.3 is 19.5 Å². The molecule has 0 aliphatic carbocycles. The van der Waals surface area contributed by atoms with Crippen LogP contribution in [0.25, 0.3) is 0 Å². The second-order valence-corrected chi connectivity index (χ2v) is 6.10. The van der Waals surface area contributed by atoms with Gasteiger partial charge in [-0.15, -0.1) is 0 Å². The minimum Gasteiger partial charge on any atom is -0.508 e. The van der Waals surface area contributed by atoms with Crippen molar-refractivity contribution in [1.29, 1.82) is 0 Å². The number of rotatable bonds is 9. The average Bonchev–Trinajstić information content (AvgIpc) is 2.61. The van der Waals surface area contributed by atoms with Gasteiger partial charge in [-0.25, -0.2) is 0 Å².